The van der Waals surface area contributed by atoms with Crippen LogP contribution >= 0.6 is 11.8 Å². The van der Waals surface area contributed by atoms with Gasteiger partial charge in [0.25, 0.3) is 0 Å². The third-order valence-corrected chi connectivity index (χ3v) is 4.39. The van der Waals surface area contributed by atoms with Crippen LogP contribution in [0.2, 0.25) is 0 Å². The Bertz CT molecular complexity index is 556. The first kappa shape index (κ1) is 13.5. The van der Waals surface area contributed by atoms with Gasteiger partial charge >= 0.3 is 0 Å². The molecule has 2 aromatic rings. The van der Waals surface area contributed by atoms with Crippen LogP contribution in [0.15, 0.2) is 53.4 Å². The molecule has 104 valence electrons. The number of thioether (sulfide) groups is 1. The molecule has 1 aliphatic heterocycles. The minimum atomic E-state index is 0.833. The number of fused-ring (bicyclic) bond motifs is 1. The first-order chi connectivity index (χ1) is 9.92. The van der Waals surface area contributed by atoms with E-state index < -0.39 is 0 Å². The Kier molecular flexibility index (Phi) is 4.61. The Hall–Kier alpha value is -1.45. The molecule has 1 aliphatic rings. The van der Waals surface area contributed by atoms with Crippen molar-refractivity contribution in [2.45, 2.75) is 17.9 Å². The molecule has 0 fully saturated rings. The van der Waals surface area contributed by atoms with Gasteiger partial charge in [-0.25, -0.2) is 0 Å². The van der Waals surface area contributed by atoms with Crippen LogP contribution in [0.25, 0.3) is 0 Å². The summed E-state index contributed by atoms with van der Waals surface area (Å²) in [5, 5.41) is 3.50. The normalized spacial score (nSPS) is 13.0. The molecule has 2 aromatic carbocycles. The SMILES string of the molecule is c1ccc(SCCNCc2ccc3c(c2)CCO3)cc1. The molecule has 1 heterocycles. The third-order valence-electron chi connectivity index (χ3n) is 3.37. The van der Waals surface area contributed by atoms with Gasteiger partial charge in [0.1, 0.15) is 5.75 Å². The van der Waals surface area contributed by atoms with Crippen molar-refractivity contribution in [3.05, 3.63) is 59.7 Å². The summed E-state index contributed by atoms with van der Waals surface area (Å²) in [7, 11) is 0. The van der Waals surface area contributed by atoms with E-state index in [1.807, 2.05) is 11.8 Å². The summed E-state index contributed by atoms with van der Waals surface area (Å²) in [5.74, 6) is 2.16. The second-order valence-electron chi connectivity index (χ2n) is 4.88. The second-order valence-corrected chi connectivity index (χ2v) is 6.05. The largest absolute Gasteiger partial charge is 0.493 e. The second kappa shape index (κ2) is 6.82. The van der Waals surface area contributed by atoms with E-state index in [0.717, 1.165) is 37.6 Å². The molecule has 0 saturated heterocycles. The summed E-state index contributed by atoms with van der Waals surface area (Å²) < 4.78 is 5.52. The lowest BCUT2D eigenvalue weighted by molar-refractivity contribution is 0.357. The summed E-state index contributed by atoms with van der Waals surface area (Å²) in [6.45, 7) is 2.79. The van der Waals surface area contributed by atoms with E-state index in [1.165, 1.54) is 16.0 Å². The zero-order valence-corrected chi connectivity index (χ0v) is 12.3. The van der Waals surface area contributed by atoms with Crippen molar-refractivity contribution in [2.24, 2.45) is 0 Å². The number of benzene rings is 2. The van der Waals surface area contributed by atoms with Gasteiger partial charge in [0, 0.05) is 30.2 Å². The highest BCUT2D eigenvalue weighted by Crippen LogP contribution is 2.25. The van der Waals surface area contributed by atoms with Gasteiger partial charge < -0.3 is 10.1 Å². The average molecular weight is 285 g/mol. The van der Waals surface area contributed by atoms with Gasteiger partial charge in [0.05, 0.1) is 6.61 Å². The van der Waals surface area contributed by atoms with Crippen molar-refractivity contribution in [2.75, 3.05) is 18.9 Å². The molecular weight excluding hydrogens is 266 g/mol. The number of nitrogens with one attached hydrogen (secondary N) is 1. The van der Waals surface area contributed by atoms with Gasteiger partial charge in [-0.05, 0) is 29.3 Å². The highest BCUT2D eigenvalue weighted by molar-refractivity contribution is 7.99. The van der Waals surface area contributed by atoms with Gasteiger partial charge in [-0.2, -0.15) is 0 Å². The maximum atomic E-state index is 5.52. The van der Waals surface area contributed by atoms with E-state index in [9.17, 15) is 0 Å². The summed E-state index contributed by atoms with van der Waals surface area (Å²) in [4.78, 5) is 1.34. The quantitative estimate of drug-likeness (QED) is 0.648. The maximum Gasteiger partial charge on any atom is 0.122 e. The molecule has 20 heavy (non-hydrogen) atoms. The van der Waals surface area contributed by atoms with E-state index in [-0.39, 0.29) is 0 Å². The van der Waals surface area contributed by atoms with Crippen molar-refractivity contribution in [3.8, 4) is 5.75 Å². The minimum absolute atomic E-state index is 0.833. The molecule has 3 heteroatoms. The monoisotopic (exact) mass is 285 g/mol. The summed E-state index contributed by atoms with van der Waals surface area (Å²) in [6, 6.07) is 17.1. The average Bonchev–Trinajstić information content (AvgIpc) is 2.95. The summed E-state index contributed by atoms with van der Waals surface area (Å²) >= 11 is 1.89. The molecule has 0 amide bonds. The molecule has 0 saturated carbocycles. The van der Waals surface area contributed by atoms with Gasteiger partial charge in [-0.3, -0.25) is 0 Å². The lowest BCUT2D eigenvalue weighted by atomic mass is 10.1. The van der Waals surface area contributed by atoms with E-state index in [4.69, 9.17) is 4.74 Å². The van der Waals surface area contributed by atoms with E-state index in [1.54, 1.807) is 0 Å². The fourth-order valence-electron chi connectivity index (χ4n) is 2.34. The van der Waals surface area contributed by atoms with Crippen LogP contribution in [0.1, 0.15) is 11.1 Å². The zero-order chi connectivity index (χ0) is 13.6. The van der Waals surface area contributed by atoms with Crippen molar-refractivity contribution in [3.63, 3.8) is 0 Å². The molecule has 3 rings (SSSR count). The predicted molar refractivity (Wildman–Crippen MR) is 84.5 cm³/mol. The van der Waals surface area contributed by atoms with Crippen molar-refractivity contribution < 1.29 is 4.74 Å². The van der Waals surface area contributed by atoms with Crippen LogP contribution in [-0.2, 0) is 13.0 Å². The lowest BCUT2D eigenvalue weighted by Crippen LogP contribution is -2.16. The topological polar surface area (TPSA) is 21.3 Å². The maximum absolute atomic E-state index is 5.52. The molecule has 0 atom stereocenters. The number of rotatable bonds is 6. The van der Waals surface area contributed by atoms with E-state index in [0.29, 0.717) is 0 Å². The molecular formula is C17H19NOS. The molecule has 1 N–H and O–H groups in total. The summed E-state index contributed by atoms with van der Waals surface area (Å²) in [5.41, 5.74) is 2.70. The van der Waals surface area contributed by atoms with Crippen LogP contribution in [0.3, 0.4) is 0 Å². The molecule has 0 unspecified atom stereocenters. The lowest BCUT2D eigenvalue weighted by Gasteiger charge is -2.06. The Morgan fingerprint density at radius 3 is 2.90 bits per heavy atom. The van der Waals surface area contributed by atoms with Gasteiger partial charge in [0.15, 0.2) is 0 Å². The first-order valence-electron chi connectivity index (χ1n) is 7.05. The highest BCUT2D eigenvalue weighted by Gasteiger charge is 2.11. The van der Waals surface area contributed by atoms with Crippen molar-refractivity contribution in [1.29, 1.82) is 0 Å². The highest BCUT2D eigenvalue weighted by atomic mass is 32.2. The molecule has 0 aromatic heterocycles. The van der Waals surface area contributed by atoms with Gasteiger partial charge in [0.2, 0.25) is 0 Å². The summed E-state index contributed by atoms with van der Waals surface area (Å²) in [6.07, 6.45) is 1.05. The van der Waals surface area contributed by atoms with E-state index in [2.05, 4.69) is 53.8 Å². The van der Waals surface area contributed by atoms with Crippen LogP contribution < -0.4 is 10.1 Å². The number of hydrogen-bond acceptors (Lipinski definition) is 3. The van der Waals surface area contributed by atoms with Crippen LogP contribution in [-0.4, -0.2) is 18.9 Å². The number of hydrogen-bond donors (Lipinski definition) is 1. The van der Waals surface area contributed by atoms with Gasteiger partial charge in [-0.15, -0.1) is 11.8 Å². The van der Waals surface area contributed by atoms with Crippen LogP contribution in [0, 0.1) is 0 Å². The number of ether oxygens (including phenoxy) is 1. The molecule has 0 bridgehead atoms. The molecule has 0 spiro atoms. The minimum Gasteiger partial charge on any atom is -0.493 e. The van der Waals surface area contributed by atoms with Crippen LogP contribution in [0.4, 0.5) is 0 Å². The predicted octanol–water partition coefficient (Wildman–Crippen LogP) is 3.50. The molecule has 2 nitrogen and oxygen atoms in total. The fourth-order valence-corrected chi connectivity index (χ4v) is 3.17. The third kappa shape index (κ3) is 3.56. The Balaban J connectivity index is 1.40. The van der Waals surface area contributed by atoms with Crippen molar-refractivity contribution in [1.82, 2.24) is 5.32 Å². The van der Waals surface area contributed by atoms with Gasteiger partial charge in [-0.1, -0.05) is 30.3 Å². The van der Waals surface area contributed by atoms with Crippen LogP contribution in [0.5, 0.6) is 5.75 Å². The van der Waals surface area contributed by atoms with E-state index >= 15 is 0 Å². The standard InChI is InChI=1S/C17H19NOS/c1-2-4-16(5-3-1)20-11-9-18-13-14-6-7-17-15(12-14)8-10-19-17/h1-7,12,18H,8-11,13H2. The first-order valence-corrected chi connectivity index (χ1v) is 8.03. The Morgan fingerprint density at radius 1 is 1.10 bits per heavy atom. The smallest absolute Gasteiger partial charge is 0.122 e. The van der Waals surface area contributed by atoms with Crippen molar-refractivity contribution >= 4 is 11.8 Å². The Labute approximate surface area is 124 Å². The Morgan fingerprint density at radius 2 is 2.00 bits per heavy atom. The molecule has 0 aliphatic carbocycles. The zero-order valence-electron chi connectivity index (χ0n) is 11.5. The molecule has 0 radical (unpaired) electrons. The fraction of sp³-hybridized carbons (Fsp3) is 0.294.